The Kier molecular flexibility index (Phi) is 6.74. The minimum absolute atomic E-state index is 0.369. The molecule has 0 spiro atoms. The summed E-state index contributed by atoms with van der Waals surface area (Å²) in [6.07, 6.45) is 2.24. The Balaban J connectivity index is 1.55. The second kappa shape index (κ2) is 9.07. The van der Waals surface area contributed by atoms with Gasteiger partial charge in [-0.2, -0.15) is 0 Å². The van der Waals surface area contributed by atoms with Crippen LogP contribution in [-0.4, -0.2) is 57.8 Å². The van der Waals surface area contributed by atoms with Crippen molar-refractivity contribution in [3.8, 4) is 0 Å². The Morgan fingerprint density at radius 3 is 2.68 bits per heavy atom. The van der Waals surface area contributed by atoms with Crippen LogP contribution in [0.2, 0.25) is 0 Å². The number of thiophene rings is 1. The van der Waals surface area contributed by atoms with Crippen molar-refractivity contribution < 1.29 is 8.42 Å². The topological polar surface area (TPSA) is 65.0 Å². The Morgan fingerprint density at radius 1 is 1.25 bits per heavy atom. The lowest BCUT2D eigenvalue weighted by Gasteiger charge is -2.21. The highest BCUT2D eigenvalue weighted by Gasteiger charge is 2.25. The maximum atomic E-state index is 12.2. The van der Waals surface area contributed by atoms with Crippen molar-refractivity contribution in [2.24, 2.45) is 10.9 Å². The number of guanidine groups is 1. The predicted octanol–water partition coefficient (Wildman–Crippen LogP) is 2.64. The first-order chi connectivity index (χ1) is 13.4. The van der Waals surface area contributed by atoms with Crippen molar-refractivity contribution >= 4 is 27.3 Å². The number of hydrogen-bond donors (Lipinski definition) is 1. The minimum atomic E-state index is -3.37. The van der Waals surface area contributed by atoms with E-state index in [4.69, 9.17) is 0 Å². The summed E-state index contributed by atoms with van der Waals surface area (Å²) in [5.41, 5.74) is 1.38. The molecule has 2 heterocycles. The number of rotatable bonds is 6. The molecule has 1 saturated heterocycles. The number of hydrogen-bond acceptors (Lipinski definition) is 4. The van der Waals surface area contributed by atoms with E-state index in [0.717, 1.165) is 36.8 Å². The highest BCUT2D eigenvalue weighted by Crippen LogP contribution is 2.24. The van der Waals surface area contributed by atoms with Crippen molar-refractivity contribution in [3.63, 3.8) is 0 Å². The summed E-state index contributed by atoms with van der Waals surface area (Å²) in [6.45, 7) is 2.54. The molecule has 1 fully saturated rings. The monoisotopic (exact) mass is 420 g/mol. The zero-order valence-electron chi connectivity index (χ0n) is 16.6. The molecule has 0 saturated carbocycles. The van der Waals surface area contributed by atoms with Crippen LogP contribution in [0.1, 0.15) is 16.9 Å². The van der Waals surface area contributed by atoms with Gasteiger partial charge in [0.25, 0.3) is 10.0 Å². The standard InChI is InChI=1S/C20H28N4O2S2/c1-21-20(22-14-18-9-10-19(27-18)28(25,26)23(2)3)24-12-11-17(15-24)13-16-7-5-4-6-8-16/h4-10,17H,11-15H2,1-3H3,(H,21,22). The van der Waals surface area contributed by atoms with Crippen LogP contribution < -0.4 is 5.32 Å². The molecule has 1 aliphatic rings. The molecular weight excluding hydrogens is 392 g/mol. The van der Waals surface area contributed by atoms with E-state index >= 15 is 0 Å². The van der Waals surface area contributed by atoms with Gasteiger partial charge < -0.3 is 10.2 Å². The van der Waals surface area contributed by atoms with Gasteiger partial charge in [0.15, 0.2) is 5.96 Å². The third-order valence-electron chi connectivity index (χ3n) is 4.96. The summed E-state index contributed by atoms with van der Waals surface area (Å²) in [4.78, 5) is 7.68. The van der Waals surface area contributed by atoms with E-state index in [1.54, 1.807) is 27.2 Å². The van der Waals surface area contributed by atoms with Crippen LogP contribution in [-0.2, 0) is 23.0 Å². The SMILES string of the molecule is CN=C(NCc1ccc(S(=O)(=O)N(C)C)s1)N1CCC(Cc2ccccc2)C1. The molecular formula is C20H28N4O2S2. The average Bonchev–Trinajstić information content (AvgIpc) is 3.33. The molecule has 1 aromatic carbocycles. The lowest BCUT2D eigenvalue weighted by Crippen LogP contribution is -2.39. The van der Waals surface area contributed by atoms with Gasteiger partial charge in [0.2, 0.25) is 0 Å². The van der Waals surface area contributed by atoms with E-state index in [1.165, 1.54) is 21.2 Å². The molecule has 0 radical (unpaired) electrons. The first kappa shape index (κ1) is 20.8. The van der Waals surface area contributed by atoms with Gasteiger partial charge in [-0.3, -0.25) is 4.99 Å². The molecule has 2 aromatic rings. The molecule has 1 aliphatic heterocycles. The number of benzene rings is 1. The molecule has 8 heteroatoms. The third-order valence-corrected chi connectivity index (χ3v) is 8.32. The quantitative estimate of drug-likeness (QED) is 0.576. The fourth-order valence-electron chi connectivity index (χ4n) is 3.41. The second-order valence-corrected chi connectivity index (χ2v) is 10.7. The van der Waals surface area contributed by atoms with Crippen LogP contribution in [0.25, 0.3) is 0 Å². The minimum Gasteiger partial charge on any atom is -0.351 e. The highest BCUT2D eigenvalue weighted by atomic mass is 32.2. The molecule has 3 rings (SSSR count). The van der Waals surface area contributed by atoms with E-state index in [1.807, 2.05) is 6.07 Å². The fourth-order valence-corrected chi connectivity index (χ4v) is 5.87. The maximum Gasteiger partial charge on any atom is 0.252 e. The normalized spacial score (nSPS) is 18.1. The molecule has 1 unspecified atom stereocenters. The Morgan fingerprint density at radius 2 is 2.00 bits per heavy atom. The van der Waals surface area contributed by atoms with E-state index in [0.29, 0.717) is 16.7 Å². The molecule has 0 amide bonds. The summed E-state index contributed by atoms with van der Waals surface area (Å²) in [5.74, 6) is 1.50. The molecule has 6 nitrogen and oxygen atoms in total. The van der Waals surface area contributed by atoms with Crippen molar-refractivity contribution in [3.05, 3.63) is 52.9 Å². The average molecular weight is 421 g/mol. The van der Waals surface area contributed by atoms with Crippen molar-refractivity contribution in [1.82, 2.24) is 14.5 Å². The molecule has 152 valence electrons. The third kappa shape index (κ3) is 4.92. The van der Waals surface area contributed by atoms with Gasteiger partial charge in [-0.1, -0.05) is 30.3 Å². The van der Waals surface area contributed by atoms with E-state index in [-0.39, 0.29) is 0 Å². The lowest BCUT2D eigenvalue weighted by molar-refractivity contribution is 0.460. The maximum absolute atomic E-state index is 12.2. The van der Waals surface area contributed by atoms with Gasteiger partial charge >= 0.3 is 0 Å². The summed E-state index contributed by atoms with van der Waals surface area (Å²) in [7, 11) is 1.52. The number of nitrogens with one attached hydrogen (secondary N) is 1. The van der Waals surface area contributed by atoms with Gasteiger partial charge in [-0.05, 0) is 36.5 Å². The van der Waals surface area contributed by atoms with Crippen LogP contribution in [0.15, 0.2) is 51.7 Å². The van der Waals surface area contributed by atoms with E-state index < -0.39 is 10.0 Å². The second-order valence-electron chi connectivity index (χ2n) is 7.20. The van der Waals surface area contributed by atoms with Gasteiger partial charge in [-0.25, -0.2) is 12.7 Å². The molecule has 0 bridgehead atoms. The van der Waals surface area contributed by atoms with Gasteiger partial charge in [-0.15, -0.1) is 11.3 Å². The summed E-state index contributed by atoms with van der Waals surface area (Å²) < 4.78 is 26.0. The zero-order valence-corrected chi connectivity index (χ0v) is 18.3. The fraction of sp³-hybridized carbons (Fsp3) is 0.450. The van der Waals surface area contributed by atoms with Crippen molar-refractivity contribution in [2.75, 3.05) is 34.2 Å². The zero-order chi connectivity index (χ0) is 20.1. The van der Waals surface area contributed by atoms with Crippen LogP contribution in [0, 0.1) is 5.92 Å². The van der Waals surface area contributed by atoms with E-state index in [9.17, 15) is 8.42 Å². The van der Waals surface area contributed by atoms with Crippen molar-refractivity contribution in [2.45, 2.75) is 23.6 Å². The Bertz CT molecular complexity index is 907. The van der Waals surface area contributed by atoms with Gasteiger partial charge in [0.05, 0.1) is 6.54 Å². The number of aliphatic imine (C=N–C) groups is 1. The summed E-state index contributed by atoms with van der Waals surface area (Å²) in [5, 5.41) is 3.38. The van der Waals surface area contributed by atoms with E-state index in [2.05, 4.69) is 45.5 Å². The summed E-state index contributed by atoms with van der Waals surface area (Å²) in [6, 6.07) is 14.1. The number of likely N-dealkylation sites (tertiary alicyclic amines) is 1. The van der Waals surface area contributed by atoms with Gasteiger partial charge in [0, 0.05) is 39.1 Å². The molecule has 1 N–H and O–H groups in total. The largest absolute Gasteiger partial charge is 0.351 e. The van der Waals surface area contributed by atoms with Crippen LogP contribution >= 0.6 is 11.3 Å². The van der Waals surface area contributed by atoms with Crippen molar-refractivity contribution in [1.29, 1.82) is 0 Å². The molecule has 1 aromatic heterocycles. The van der Waals surface area contributed by atoms with Crippen LogP contribution in [0.5, 0.6) is 0 Å². The van der Waals surface area contributed by atoms with Crippen LogP contribution in [0.4, 0.5) is 0 Å². The van der Waals surface area contributed by atoms with Gasteiger partial charge in [0.1, 0.15) is 4.21 Å². The molecule has 0 aliphatic carbocycles. The first-order valence-corrected chi connectivity index (χ1v) is 11.7. The predicted molar refractivity (Wildman–Crippen MR) is 115 cm³/mol. The number of sulfonamides is 1. The summed E-state index contributed by atoms with van der Waals surface area (Å²) >= 11 is 1.30. The Labute approximate surface area is 171 Å². The number of nitrogens with zero attached hydrogens (tertiary/aromatic N) is 3. The molecule has 28 heavy (non-hydrogen) atoms. The van der Waals surface area contributed by atoms with Crippen LogP contribution in [0.3, 0.4) is 0 Å². The highest BCUT2D eigenvalue weighted by molar-refractivity contribution is 7.91. The lowest BCUT2D eigenvalue weighted by atomic mass is 9.99. The Hall–Kier alpha value is -1.90. The first-order valence-electron chi connectivity index (χ1n) is 9.41. The molecule has 1 atom stereocenters. The smallest absolute Gasteiger partial charge is 0.252 e.